The fourth-order valence-corrected chi connectivity index (χ4v) is 3.01. The Bertz CT molecular complexity index is 658. The van der Waals surface area contributed by atoms with Gasteiger partial charge in [0.2, 0.25) is 0 Å². The van der Waals surface area contributed by atoms with Crippen molar-refractivity contribution in [2.75, 3.05) is 19.8 Å². The van der Waals surface area contributed by atoms with Crippen LogP contribution in [0.2, 0.25) is 0 Å². The van der Waals surface area contributed by atoms with Crippen molar-refractivity contribution >= 4 is 10.9 Å². The molecule has 1 saturated heterocycles. The summed E-state index contributed by atoms with van der Waals surface area (Å²) in [4.78, 5) is 0. The van der Waals surface area contributed by atoms with Gasteiger partial charge < -0.3 is 24.8 Å². The van der Waals surface area contributed by atoms with E-state index >= 15 is 0 Å². The molecule has 2 heterocycles. The van der Waals surface area contributed by atoms with Gasteiger partial charge in [-0.15, -0.1) is 0 Å². The van der Waals surface area contributed by atoms with Crippen LogP contribution in [0.4, 0.5) is 4.39 Å². The van der Waals surface area contributed by atoms with Gasteiger partial charge in [0.05, 0.1) is 19.3 Å². The minimum atomic E-state index is -0.827. The van der Waals surface area contributed by atoms with Gasteiger partial charge in [-0.3, -0.25) is 0 Å². The van der Waals surface area contributed by atoms with Crippen LogP contribution in [0.3, 0.4) is 0 Å². The third-order valence-electron chi connectivity index (χ3n) is 4.25. The fourth-order valence-electron chi connectivity index (χ4n) is 3.01. The molecule has 1 aliphatic rings. The highest BCUT2D eigenvalue weighted by atomic mass is 19.1. The van der Waals surface area contributed by atoms with E-state index in [9.17, 15) is 14.6 Å². The van der Waals surface area contributed by atoms with E-state index in [1.807, 2.05) is 17.8 Å². The molecule has 22 heavy (non-hydrogen) atoms. The maximum atomic E-state index is 13.4. The molecule has 5 nitrogen and oxygen atoms in total. The van der Waals surface area contributed by atoms with Crippen molar-refractivity contribution in [1.29, 1.82) is 0 Å². The summed E-state index contributed by atoms with van der Waals surface area (Å²) in [5.41, 5.74) is 1.98. The maximum Gasteiger partial charge on any atom is 0.123 e. The summed E-state index contributed by atoms with van der Waals surface area (Å²) in [5, 5.41) is 23.7. The first-order chi connectivity index (χ1) is 10.6. The van der Waals surface area contributed by atoms with Gasteiger partial charge >= 0.3 is 0 Å². The lowest BCUT2D eigenvalue weighted by atomic mass is 9.96. The Kier molecular flexibility index (Phi) is 4.44. The lowest BCUT2D eigenvalue weighted by molar-refractivity contribution is -0.119. The second kappa shape index (κ2) is 6.34. The van der Waals surface area contributed by atoms with E-state index in [0.717, 1.165) is 16.5 Å². The molecule has 1 aromatic carbocycles. The van der Waals surface area contributed by atoms with Crippen LogP contribution in [0.25, 0.3) is 10.9 Å². The lowest BCUT2D eigenvalue weighted by Gasteiger charge is -2.31. The first-order valence-corrected chi connectivity index (χ1v) is 7.44. The Morgan fingerprint density at radius 2 is 2.18 bits per heavy atom. The minimum Gasteiger partial charge on any atom is -0.390 e. The molecule has 1 fully saturated rings. The van der Waals surface area contributed by atoms with Gasteiger partial charge in [0.1, 0.15) is 11.9 Å². The van der Waals surface area contributed by atoms with E-state index in [1.54, 1.807) is 6.07 Å². The van der Waals surface area contributed by atoms with Gasteiger partial charge in [-0.05, 0) is 23.8 Å². The summed E-state index contributed by atoms with van der Waals surface area (Å²) in [6.45, 7) is 1.71. The first kappa shape index (κ1) is 15.4. The lowest BCUT2D eigenvalue weighted by Crippen LogP contribution is -2.47. The van der Waals surface area contributed by atoms with Crippen molar-refractivity contribution in [2.24, 2.45) is 13.0 Å². The first-order valence-electron chi connectivity index (χ1n) is 7.44. The Morgan fingerprint density at radius 1 is 1.36 bits per heavy atom. The number of hydrogen-bond donors (Lipinski definition) is 3. The monoisotopic (exact) mass is 308 g/mol. The van der Waals surface area contributed by atoms with E-state index < -0.39 is 12.2 Å². The number of nitrogens with one attached hydrogen (secondary N) is 1. The zero-order chi connectivity index (χ0) is 15.7. The summed E-state index contributed by atoms with van der Waals surface area (Å²) < 4.78 is 20.6. The summed E-state index contributed by atoms with van der Waals surface area (Å²) >= 11 is 0. The number of aliphatic hydroxyl groups excluding tert-OH is 2. The highest BCUT2D eigenvalue weighted by Crippen LogP contribution is 2.22. The van der Waals surface area contributed by atoms with E-state index in [0.29, 0.717) is 19.7 Å². The van der Waals surface area contributed by atoms with Crippen LogP contribution in [0.15, 0.2) is 24.4 Å². The number of aromatic nitrogens is 1. The molecule has 0 amide bonds. The number of aliphatic hydroxyl groups is 2. The molecule has 0 unspecified atom stereocenters. The van der Waals surface area contributed by atoms with E-state index in [1.165, 1.54) is 12.1 Å². The third kappa shape index (κ3) is 3.01. The molecule has 120 valence electrons. The van der Waals surface area contributed by atoms with E-state index in [2.05, 4.69) is 5.32 Å². The molecule has 0 radical (unpaired) electrons. The van der Waals surface area contributed by atoms with Crippen molar-refractivity contribution in [3.05, 3.63) is 35.8 Å². The van der Waals surface area contributed by atoms with Gasteiger partial charge in [-0.1, -0.05) is 0 Å². The second-order valence-corrected chi connectivity index (χ2v) is 5.91. The summed E-state index contributed by atoms with van der Waals surface area (Å²) in [5.74, 6) is -0.394. The molecular weight excluding hydrogens is 287 g/mol. The smallest absolute Gasteiger partial charge is 0.123 e. The van der Waals surface area contributed by atoms with Gasteiger partial charge in [0.15, 0.2) is 0 Å². The largest absolute Gasteiger partial charge is 0.390 e. The van der Waals surface area contributed by atoms with Crippen molar-refractivity contribution in [3.8, 4) is 0 Å². The number of benzene rings is 1. The average Bonchev–Trinajstić information content (AvgIpc) is 2.79. The number of halogens is 1. The van der Waals surface area contributed by atoms with Gasteiger partial charge in [-0.2, -0.15) is 0 Å². The summed E-state index contributed by atoms with van der Waals surface area (Å²) in [6, 6.07) is 4.76. The van der Waals surface area contributed by atoms with Crippen molar-refractivity contribution in [2.45, 2.75) is 18.8 Å². The third-order valence-corrected chi connectivity index (χ3v) is 4.25. The number of hydrogen-bond acceptors (Lipinski definition) is 4. The Balaban J connectivity index is 1.65. The highest BCUT2D eigenvalue weighted by Gasteiger charge is 2.30. The molecule has 0 aliphatic carbocycles. The fraction of sp³-hybridized carbons (Fsp3) is 0.500. The number of nitrogens with zero attached hydrogens (tertiary/aromatic N) is 1. The van der Waals surface area contributed by atoms with Crippen molar-refractivity contribution in [1.82, 2.24) is 9.88 Å². The van der Waals surface area contributed by atoms with Gasteiger partial charge in [0.25, 0.3) is 0 Å². The minimum absolute atomic E-state index is 0.143. The van der Waals surface area contributed by atoms with Crippen LogP contribution in [0.5, 0.6) is 0 Å². The quantitative estimate of drug-likeness (QED) is 0.781. The van der Waals surface area contributed by atoms with Crippen LogP contribution >= 0.6 is 0 Å². The second-order valence-electron chi connectivity index (χ2n) is 5.91. The number of ether oxygens (including phenoxy) is 1. The van der Waals surface area contributed by atoms with Gasteiger partial charge in [-0.25, -0.2) is 4.39 Å². The molecule has 0 bridgehead atoms. The SMILES string of the molecule is Cn1cc(CNC[C@@H]2COC[C@@H](O)[C@H]2O)c2cc(F)ccc21. The summed E-state index contributed by atoms with van der Waals surface area (Å²) in [7, 11) is 1.93. The van der Waals surface area contributed by atoms with Gasteiger partial charge in [0, 0.05) is 43.2 Å². The molecule has 0 spiro atoms. The van der Waals surface area contributed by atoms with Crippen molar-refractivity contribution in [3.63, 3.8) is 0 Å². The highest BCUT2D eigenvalue weighted by molar-refractivity contribution is 5.83. The van der Waals surface area contributed by atoms with Crippen LogP contribution < -0.4 is 5.32 Å². The van der Waals surface area contributed by atoms with Crippen LogP contribution in [-0.2, 0) is 18.3 Å². The van der Waals surface area contributed by atoms with Crippen LogP contribution in [0.1, 0.15) is 5.56 Å². The number of fused-ring (bicyclic) bond motifs is 1. The molecule has 3 atom stereocenters. The average molecular weight is 308 g/mol. The normalized spacial score (nSPS) is 25.7. The predicted octanol–water partition coefficient (Wildman–Crippen LogP) is 0.775. The molecule has 6 heteroatoms. The zero-order valence-corrected chi connectivity index (χ0v) is 12.5. The molecule has 3 N–H and O–H groups in total. The molecule has 2 aromatic rings. The molecular formula is C16H21FN2O3. The molecule has 3 rings (SSSR count). The van der Waals surface area contributed by atoms with Crippen LogP contribution in [-0.4, -0.2) is 46.7 Å². The molecule has 1 aromatic heterocycles. The topological polar surface area (TPSA) is 66.7 Å². The predicted molar refractivity (Wildman–Crippen MR) is 80.9 cm³/mol. The number of aryl methyl sites for hydroxylation is 1. The Labute approximate surface area is 128 Å². The zero-order valence-electron chi connectivity index (χ0n) is 12.5. The van der Waals surface area contributed by atoms with Crippen molar-refractivity contribution < 1.29 is 19.3 Å². The molecule has 1 aliphatic heterocycles. The van der Waals surface area contributed by atoms with E-state index in [4.69, 9.17) is 4.74 Å². The number of rotatable bonds is 4. The Morgan fingerprint density at radius 3 is 3.00 bits per heavy atom. The summed E-state index contributed by atoms with van der Waals surface area (Å²) in [6.07, 6.45) is 0.373. The van der Waals surface area contributed by atoms with Crippen LogP contribution in [0, 0.1) is 11.7 Å². The standard InChI is InChI=1S/C16H21FN2O3/c1-19-7-10(13-4-12(17)2-3-14(13)19)5-18-6-11-8-22-9-15(20)16(11)21/h2-4,7,11,15-16,18,20-21H,5-6,8-9H2,1H3/t11-,15-,16+/m1/s1. The maximum absolute atomic E-state index is 13.4. The Hall–Kier alpha value is -1.47. The molecule has 0 saturated carbocycles. The van der Waals surface area contributed by atoms with E-state index in [-0.39, 0.29) is 18.3 Å².